The van der Waals surface area contributed by atoms with Gasteiger partial charge in [0.2, 0.25) is 0 Å². The molecule has 1 N–H and O–H groups in total. The van der Waals surface area contributed by atoms with E-state index in [0.29, 0.717) is 15.8 Å². The molecule has 166 valence electrons. The molecule has 1 amide bonds. The van der Waals surface area contributed by atoms with Gasteiger partial charge in [-0.05, 0) is 22.0 Å². The molecule has 32 heavy (non-hydrogen) atoms. The van der Waals surface area contributed by atoms with Crippen LogP contribution in [0.15, 0.2) is 51.5 Å². The van der Waals surface area contributed by atoms with Gasteiger partial charge < -0.3 is 9.84 Å². The maximum Gasteiger partial charge on any atom is 0.433 e. The summed E-state index contributed by atoms with van der Waals surface area (Å²) in [5, 5.41) is 10.2. The van der Waals surface area contributed by atoms with Crippen molar-refractivity contribution in [3.8, 4) is 11.3 Å². The average molecular weight is 508 g/mol. The summed E-state index contributed by atoms with van der Waals surface area (Å²) in [6.07, 6.45) is -4.72. The number of nitrogens with zero attached hydrogens (tertiary/aromatic N) is 4. The molecule has 11 heteroatoms. The molecule has 3 aromatic heterocycles. The summed E-state index contributed by atoms with van der Waals surface area (Å²) < 4.78 is 47.2. The van der Waals surface area contributed by atoms with Crippen LogP contribution in [-0.4, -0.2) is 25.7 Å². The first kappa shape index (κ1) is 22.0. The number of hydrogen-bond donors (Lipinski definition) is 1. The van der Waals surface area contributed by atoms with Gasteiger partial charge in [0.1, 0.15) is 5.76 Å². The van der Waals surface area contributed by atoms with Crippen LogP contribution >= 0.6 is 15.9 Å². The molecule has 4 rings (SSSR count). The van der Waals surface area contributed by atoms with Crippen molar-refractivity contribution in [1.29, 1.82) is 0 Å². The second-order valence-electron chi connectivity index (χ2n) is 8.07. The number of alkyl halides is 3. The van der Waals surface area contributed by atoms with E-state index in [-0.39, 0.29) is 32.7 Å². The molecule has 0 aliphatic heterocycles. The van der Waals surface area contributed by atoms with Gasteiger partial charge in [0.05, 0.1) is 10.2 Å². The molecule has 0 aliphatic rings. The van der Waals surface area contributed by atoms with E-state index in [9.17, 15) is 18.0 Å². The lowest BCUT2D eigenvalue weighted by Gasteiger charge is -2.11. The predicted molar refractivity (Wildman–Crippen MR) is 114 cm³/mol. The molecule has 0 unspecified atom stereocenters. The van der Waals surface area contributed by atoms with Gasteiger partial charge in [-0.3, -0.25) is 4.79 Å². The number of hydrogen-bond acceptors (Lipinski definition) is 5. The molecule has 0 spiro atoms. The maximum absolute atomic E-state index is 13.8. The Morgan fingerprint density at radius 2 is 1.81 bits per heavy atom. The van der Waals surface area contributed by atoms with Crippen LogP contribution in [-0.2, 0) is 11.6 Å². The second-order valence-corrected chi connectivity index (χ2v) is 8.86. The van der Waals surface area contributed by atoms with Crippen LogP contribution in [0.4, 0.5) is 19.0 Å². The molecule has 0 radical (unpaired) electrons. The van der Waals surface area contributed by atoms with Crippen molar-refractivity contribution in [2.75, 3.05) is 5.32 Å². The summed E-state index contributed by atoms with van der Waals surface area (Å²) in [5.41, 5.74) is -1.20. The van der Waals surface area contributed by atoms with Crippen LogP contribution in [0.25, 0.3) is 16.9 Å². The number of halogens is 4. The highest BCUT2D eigenvalue weighted by Crippen LogP contribution is 2.35. The van der Waals surface area contributed by atoms with E-state index in [1.807, 2.05) is 20.8 Å². The van der Waals surface area contributed by atoms with Gasteiger partial charge >= 0.3 is 6.18 Å². The third-order valence-corrected chi connectivity index (χ3v) is 5.33. The Morgan fingerprint density at radius 1 is 1.12 bits per heavy atom. The average Bonchev–Trinajstić information content (AvgIpc) is 3.32. The molecule has 7 nitrogen and oxygen atoms in total. The Kier molecular flexibility index (Phi) is 5.32. The quantitative estimate of drug-likeness (QED) is 0.383. The number of carbonyl (C=O) groups is 1. The van der Waals surface area contributed by atoms with E-state index in [2.05, 4.69) is 36.5 Å². The lowest BCUT2D eigenvalue weighted by molar-refractivity contribution is -0.142. The molecule has 0 aliphatic carbocycles. The minimum atomic E-state index is -4.72. The van der Waals surface area contributed by atoms with Crippen molar-refractivity contribution in [3.63, 3.8) is 0 Å². The van der Waals surface area contributed by atoms with Gasteiger partial charge in [-0.1, -0.05) is 56.3 Å². The van der Waals surface area contributed by atoms with Gasteiger partial charge in [0.25, 0.3) is 5.91 Å². The summed E-state index contributed by atoms with van der Waals surface area (Å²) in [5.74, 6) is -0.0984. The number of nitrogens with one attached hydrogen (secondary N) is 1. The van der Waals surface area contributed by atoms with Crippen LogP contribution in [0, 0.1) is 0 Å². The first-order valence-electron chi connectivity index (χ1n) is 9.45. The number of rotatable bonds is 3. The Labute approximate surface area is 188 Å². The highest BCUT2D eigenvalue weighted by molar-refractivity contribution is 9.10. The fourth-order valence-electron chi connectivity index (χ4n) is 2.96. The van der Waals surface area contributed by atoms with Crippen LogP contribution in [0.5, 0.6) is 0 Å². The zero-order valence-electron chi connectivity index (χ0n) is 17.2. The lowest BCUT2D eigenvalue weighted by Crippen LogP contribution is -2.16. The van der Waals surface area contributed by atoms with Gasteiger partial charge in [-0.25, -0.2) is 9.50 Å². The van der Waals surface area contributed by atoms with E-state index in [1.165, 1.54) is 0 Å². The maximum atomic E-state index is 13.8. The molecule has 0 saturated heterocycles. The zero-order chi connectivity index (χ0) is 23.3. The van der Waals surface area contributed by atoms with Crippen molar-refractivity contribution in [2.24, 2.45) is 0 Å². The van der Waals surface area contributed by atoms with Gasteiger partial charge in [0, 0.05) is 17.0 Å². The lowest BCUT2D eigenvalue weighted by atomic mass is 9.93. The number of fused-ring (bicyclic) bond motifs is 1. The Balaban J connectivity index is 1.79. The molecule has 1 aromatic carbocycles. The first-order chi connectivity index (χ1) is 14.9. The Hall–Kier alpha value is -3.21. The van der Waals surface area contributed by atoms with Crippen LogP contribution < -0.4 is 5.32 Å². The summed E-state index contributed by atoms with van der Waals surface area (Å²) >= 11 is 3.19. The van der Waals surface area contributed by atoms with Gasteiger partial charge in [-0.2, -0.15) is 18.3 Å². The monoisotopic (exact) mass is 507 g/mol. The molecule has 0 saturated carbocycles. The fraction of sp³-hybridized carbons (Fsp3) is 0.238. The molecular formula is C21H17BrF3N5O2. The van der Waals surface area contributed by atoms with Crippen LogP contribution in [0.1, 0.15) is 42.7 Å². The molecule has 4 aromatic rings. The topological polar surface area (TPSA) is 85.3 Å². The molecular weight excluding hydrogens is 491 g/mol. The minimum absolute atomic E-state index is 0.0258. The highest BCUT2D eigenvalue weighted by atomic mass is 79.9. The summed E-state index contributed by atoms with van der Waals surface area (Å²) in [7, 11) is 0. The zero-order valence-corrected chi connectivity index (χ0v) is 18.7. The van der Waals surface area contributed by atoms with Crippen molar-refractivity contribution in [1.82, 2.24) is 19.8 Å². The van der Waals surface area contributed by atoms with Crippen molar-refractivity contribution in [3.05, 3.63) is 64.1 Å². The number of amides is 1. The van der Waals surface area contributed by atoms with Gasteiger partial charge in [0.15, 0.2) is 22.9 Å². The number of carbonyl (C=O) groups excluding carboxylic acids is 1. The van der Waals surface area contributed by atoms with Crippen molar-refractivity contribution < 1.29 is 22.5 Å². The van der Waals surface area contributed by atoms with Crippen molar-refractivity contribution in [2.45, 2.75) is 32.4 Å². The molecule has 0 bridgehead atoms. The van der Waals surface area contributed by atoms with E-state index >= 15 is 0 Å². The van der Waals surface area contributed by atoms with E-state index in [4.69, 9.17) is 4.52 Å². The van der Waals surface area contributed by atoms with E-state index in [1.54, 1.807) is 36.4 Å². The molecule has 3 heterocycles. The van der Waals surface area contributed by atoms with Crippen molar-refractivity contribution >= 4 is 33.3 Å². The van der Waals surface area contributed by atoms with Crippen LogP contribution in [0.3, 0.4) is 0 Å². The Bertz CT molecular complexity index is 1310. The van der Waals surface area contributed by atoms with Crippen LogP contribution in [0.2, 0.25) is 0 Å². The number of benzene rings is 1. The summed E-state index contributed by atoms with van der Waals surface area (Å²) in [6.45, 7) is 5.73. The number of aromatic nitrogens is 4. The SMILES string of the molecule is CC(C)(C)c1cc(NC(=O)c2nn3c(C(F)(F)F)cc(-c4ccccc4)nc3c2Br)no1. The summed E-state index contributed by atoms with van der Waals surface area (Å²) in [6, 6.07) is 10.9. The standard InChI is InChI=1S/C21H17BrF3N5O2/c1-20(2,3)14-10-15(29-32-14)27-19(31)17-16(22)18-26-12(11-7-5-4-6-8-11)9-13(21(23,24)25)30(18)28-17/h4-10H,1-3H3,(H,27,29,31). The smallest absolute Gasteiger partial charge is 0.359 e. The number of anilines is 1. The van der Waals surface area contributed by atoms with Gasteiger partial charge in [-0.15, -0.1) is 0 Å². The third-order valence-electron chi connectivity index (χ3n) is 4.60. The summed E-state index contributed by atoms with van der Waals surface area (Å²) in [4.78, 5) is 17.1. The fourth-order valence-corrected chi connectivity index (χ4v) is 3.47. The molecule has 0 fully saturated rings. The highest BCUT2D eigenvalue weighted by Gasteiger charge is 2.36. The normalized spacial score (nSPS) is 12.3. The Morgan fingerprint density at radius 3 is 2.41 bits per heavy atom. The van der Waals surface area contributed by atoms with E-state index in [0.717, 1.165) is 6.07 Å². The predicted octanol–water partition coefficient (Wildman–Crippen LogP) is 5.72. The van der Waals surface area contributed by atoms with E-state index < -0.39 is 17.8 Å². The largest absolute Gasteiger partial charge is 0.433 e. The third kappa shape index (κ3) is 4.12. The second kappa shape index (κ2) is 7.73. The first-order valence-corrected chi connectivity index (χ1v) is 10.2. The minimum Gasteiger partial charge on any atom is -0.359 e. The molecule has 0 atom stereocenters.